The first kappa shape index (κ1) is 27.4. The molecule has 0 radical (unpaired) electrons. The number of aliphatic carboxylic acids is 1. The Hall–Kier alpha value is -4.14. The van der Waals surface area contributed by atoms with Crippen molar-refractivity contribution in [2.45, 2.75) is 46.6 Å². The van der Waals surface area contributed by atoms with Crippen LogP contribution in [0.5, 0.6) is 5.75 Å². The number of carboxylic acids is 1. The van der Waals surface area contributed by atoms with Gasteiger partial charge in [-0.2, -0.15) is 0 Å². The highest BCUT2D eigenvalue weighted by molar-refractivity contribution is 5.89. The number of carboxylic acid groups (broad SMARTS) is 1. The molecular formula is C28H32N2O7. The highest BCUT2D eigenvalue weighted by Gasteiger charge is 2.25. The number of benzene rings is 2. The summed E-state index contributed by atoms with van der Waals surface area (Å²) in [5, 5.41) is 14.9. The zero-order chi connectivity index (χ0) is 27.1. The third kappa shape index (κ3) is 6.75. The Morgan fingerprint density at radius 3 is 2.38 bits per heavy atom. The average Bonchev–Trinajstić information content (AvgIpc) is 2.88. The van der Waals surface area contributed by atoms with E-state index in [1.165, 1.54) is 0 Å². The maximum atomic E-state index is 12.8. The van der Waals surface area contributed by atoms with E-state index in [0.29, 0.717) is 35.3 Å². The summed E-state index contributed by atoms with van der Waals surface area (Å²) in [4.78, 5) is 48.4. The number of ether oxygens (including phenoxy) is 1. The summed E-state index contributed by atoms with van der Waals surface area (Å²) >= 11 is 0. The van der Waals surface area contributed by atoms with Crippen molar-refractivity contribution in [1.82, 2.24) is 10.6 Å². The topological polar surface area (TPSA) is 135 Å². The largest absolute Gasteiger partial charge is 0.483 e. The molecule has 3 aromatic rings. The van der Waals surface area contributed by atoms with Gasteiger partial charge < -0.3 is 24.9 Å². The lowest BCUT2D eigenvalue weighted by Gasteiger charge is -2.20. The number of fused-ring (bicyclic) bond motifs is 1. The van der Waals surface area contributed by atoms with Crippen molar-refractivity contribution >= 4 is 28.8 Å². The fourth-order valence-corrected chi connectivity index (χ4v) is 4.01. The molecule has 1 aromatic heterocycles. The normalized spacial score (nSPS) is 12.5. The Balaban J connectivity index is 1.65. The van der Waals surface area contributed by atoms with Crippen molar-refractivity contribution in [1.29, 1.82) is 0 Å². The van der Waals surface area contributed by atoms with Gasteiger partial charge in [-0.15, -0.1) is 0 Å². The third-order valence-electron chi connectivity index (χ3n) is 6.48. The van der Waals surface area contributed by atoms with Crippen LogP contribution in [0.3, 0.4) is 0 Å². The van der Waals surface area contributed by atoms with E-state index >= 15 is 0 Å². The molecule has 2 atom stereocenters. The Bertz CT molecular complexity index is 1350. The number of rotatable bonds is 11. The number of carbonyl (C=O) groups is 3. The maximum absolute atomic E-state index is 12.8. The van der Waals surface area contributed by atoms with E-state index in [9.17, 15) is 24.3 Å². The minimum atomic E-state index is -1.13. The van der Waals surface area contributed by atoms with Gasteiger partial charge in [0, 0.05) is 22.9 Å². The number of hydrogen-bond acceptors (Lipinski definition) is 6. The Morgan fingerprint density at radius 1 is 1.03 bits per heavy atom. The lowest BCUT2D eigenvalue weighted by Crippen LogP contribution is -2.48. The minimum absolute atomic E-state index is 0.255. The summed E-state index contributed by atoms with van der Waals surface area (Å²) in [5.41, 5.74) is 2.96. The highest BCUT2D eigenvalue weighted by Crippen LogP contribution is 2.30. The second kappa shape index (κ2) is 12.2. The van der Waals surface area contributed by atoms with Gasteiger partial charge in [0.05, 0.1) is 6.54 Å². The Morgan fingerprint density at radius 2 is 1.73 bits per heavy atom. The van der Waals surface area contributed by atoms with Crippen molar-refractivity contribution in [3.63, 3.8) is 0 Å². The summed E-state index contributed by atoms with van der Waals surface area (Å²) < 4.78 is 11.3. The predicted octanol–water partition coefficient (Wildman–Crippen LogP) is 3.11. The van der Waals surface area contributed by atoms with Gasteiger partial charge in [0.1, 0.15) is 17.4 Å². The van der Waals surface area contributed by atoms with Gasteiger partial charge in [0.25, 0.3) is 5.91 Å². The van der Waals surface area contributed by atoms with E-state index in [4.69, 9.17) is 9.15 Å². The molecule has 0 fully saturated rings. The van der Waals surface area contributed by atoms with Crippen LogP contribution < -0.4 is 21.0 Å². The second-order valence-electron chi connectivity index (χ2n) is 9.06. The molecular weight excluding hydrogens is 476 g/mol. The van der Waals surface area contributed by atoms with Crippen LogP contribution in [0.15, 0.2) is 51.7 Å². The first-order chi connectivity index (χ1) is 17.6. The van der Waals surface area contributed by atoms with E-state index in [-0.39, 0.29) is 19.1 Å². The second-order valence-corrected chi connectivity index (χ2v) is 9.06. The molecule has 0 spiro atoms. The molecule has 2 amide bonds. The molecule has 0 aliphatic rings. The number of nitrogens with one attached hydrogen (secondary N) is 2. The summed E-state index contributed by atoms with van der Waals surface area (Å²) in [6.07, 6.45) is 1.04. The molecule has 0 saturated heterocycles. The number of aryl methyl sites for hydroxylation is 2. The standard InChI is InChI=1S/C28H32N2O7/c1-5-16(2)25(27(33)34)30-23(31)14-29-24(32)15-36-22-12-11-20-17(3)21(13-19-9-7-6-8-10-19)28(35)37-26(20)18(22)4/h6-12,16,25H,5,13-15H2,1-4H3,(H,29,32)(H,30,31)(H,33,34)/t16-,25-/m1/s1. The molecule has 3 N–H and O–H groups in total. The molecule has 3 rings (SSSR count). The van der Waals surface area contributed by atoms with Crippen LogP contribution in [0, 0.1) is 19.8 Å². The van der Waals surface area contributed by atoms with E-state index in [1.54, 1.807) is 26.0 Å². The zero-order valence-electron chi connectivity index (χ0n) is 21.4. The number of hydrogen-bond donors (Lipinski definition) is 3. The van der Waals surface area contributed by atoms with Crippen LogP contribution in [0.2, 0.25) is 0 Å². The van der Waals surface area contributed by atoms with Gasteiger partial charge in [-0.3, -0.25) is 9.59 Å². The van der Waals surface area contributed by atoms with Crippen molar-refractivity contribution in [3.05, 3.63) is 75.1 Å². The lowest BCUT2D eigenvalue weighted by molar-refractivity contribution is -0.143. The molecule has 0 unspecified atom stereocenters. The summed E-state index contributed by atoms with van der Waals surface area (Å²) in [6, 6.07) is 12.1. The first-order valence-corrected chi connectivity index (χ1v) is 12.1. The van der Waals surface area contributed by atoms with Crippen LogP contribution in [0.25, 0.3) is 11.0 Å². The van der Waals surface area contributed by atoms with Gasteiger partial charge in [-0.05, 0) is 43.0 Å². The summed E-state index contributed by atoms with van der Waals surface area (Å²) in [5.74, 6) is -2.17. The van der Waals surface area contributed by atoms with Crippen LogP contribution in [-0.2, 0) is 20.8 Å². The van der Waals surface area contributed by atoms with Crippen molar-refractivity contribution in [3.8, 4) is 5.75 Å². The van der Waals surface area contributed by atoms with Gasteiger partial charge in [0.15, 0.2) is 6.61 Å². The predicted molar refractivity (Wildman–Crippen MR) is 139 cm³/mol. The van der Waals surface area contributed by atoms with E-state index in [2.05, 4.69) is 10.6 Å². The molecule has 9 heteroatoms. The minimum Gasteiger partial charge on any atom is -0.483 e. The molecule has 196 valence electrons. The van der Waals surface area contributed by atoms with Crippen LogP contribution >= 0.6 is 0 Å². The van der Waals surface area contributed by atoms with Crippen molar-refractivity contribution in [2.75, 3.05) is 13.2 Å². The van der Waals surface area contributed by atoms with E-state index in [0.717, 1.165) is 16.5 Å². The quantitative estimate of drug-likeness (QED) is 0.339. The smallest absolute Gasteiger partial charge is 0.340 e. The Kier molecular flexibility index (Phi) is 9.05. The monoisotopic (exact) mass is 508 g/mol. The molecule has 0 aliphatic heterocycles. The number of carbonyl (C=O) groups excluding carboxylic acids is 2. The van der Waals surface area contributed by atoms with Gasteiger partial charge >= 0.3 is 11.6 Å². The Labute approximate surface area is 214 Å². The summed E-state index contributed by atoms with van der Waals surface area (Å²) in [7, 11) is 0. The van der Waals surface area contributed by atoms with Crippen LogP contribution in [-0.4, -0.2) is 42.1 Å². The first-order valence-electron chi connectivity index (χ1n) is 12.1. The highest BCUT2D eigenvalue weighted by atomic mass is 16.5. The lowest BCUT2D eigenvalue weighted by atomic mass is 9.98. The maximum Gasteiger partial charge on any atom is 0.340 e. The van der Waals surface area contributed by atoms with Gasteiger partial charge in [-0.1, -0.05) is 50.6 Å². The van der Waals surface area contributed by atoms with Crippen molar-refractivity contribution < 1.29 is 28.6 Å². The molecule has 0 aliphatic carbocycles. The van der Waals surface area contributed by atoms with Gasteiger partial charge in [0.2, 0.25) is 5.91 Å². The molecule has 2 aromatic carbocycles. The van der Waals surface area contributed by atoms with Gasteiger partial charge in [-0.25, -0.2) is 9.59 Å². The molecule has 0 saturated carbocycles. The molecule has 9 nitrogen and oxygen atoms in total. The molecule has 0 bridgehead atoms. The third-order valence-corrected chi connectivity index (χ3v) is 6.48. The molecule has 1 heterocycles. The molecule has 37 heavy (non-hydrogen) atoms. The van der Waals surface area contributed by atoms with Crippen molar-refractivity contribution in [2.24, 2.45) is 5.92 Å². The number of amides is 2. The zero-order valence-corrected chi connectivity index (χ0v) is 21.4. The van der Waals surface area contributed by atoms with E-state index < -0.39 is 29.5 Å². The van der Waals surface area contributed by atoms with Crippen LogP contribution in [0.1, 0.15) is 42.5 Å². The fraction of sp³-hybridized carbons (Fsp3) is 0.357. The SMILES string of the molecule is CC[C@@H](C)[C@@H](NC(=O)CNC(=O)COc1ccc2c(C)c(Cc3ccccc3)c(=O)oc2c1C)C(=O)O. The van der Waals surface area contributed by atoms with Crippen LogP contribution in [0.4, 0.5) is 0 Å². The summed E-state index contributed by atoms with van der Waals surface area (Å²) in [6.45, 7) is 6.43. The van der Waals surface area contributed by atoms with E-state index in [1.807, 2.05) is 44.2 Å². The fourth-order valence-electron chi connectivity index (χ4n) is 4.01. The average molecular weight is 509 g/mol.